The van der Waals surface area contributed by atoms with Gasteiger partial charge in [0, 0.05) is 22.1 Å². The van der Waals surface area contributed by atoms with Crippen LogP contribution in [0.1, 0.15) is 22.8 Å². The Morgan fingerprint density at radius 2 is 0.846 bits per heavy atom. The zero-order valence-electron chi connectivity index (χ0n) is 13.9. The lowest BCUT2D eigenvalue weighted by Crippen LogP contribution is -2.18. The number of hydrogen-bond acceptors (Lipinski definition) is 2. The van der Waals surface area contributed by atoms with Gasteiger partial charge in [0.1, 0.15) is 5.48 Å². The number of nitrogens with zero attached hydrogens (tertiary/aromatic N) is 4. The van der Waals surface area contributed by atoms with Crippen molar-refractivity contribution < 1.29 is 0 Å². The minimum atomic E-state index is 0.889. The summed E-state index contributed by atoms with van der Waals surface area (Å²) in [6.45, 7) is 4.44. The smallest absolute Gasteiger partial charge is 0.115 e. The average Bonchev–Trinajstić information content (AvgIpc) is 3.38. The van der Waals surface area contributed by atoms with Crippen LogP contribution in [-0.4, -0.2) is 18.8 Å². The Balaban J connectivity index is 2.04. The normalized spacial score (nSPS) is 13.2. The Kier molecular flexibility index (Phi) is 2.46. The maximum Gasteiger partial charge on any atom is 0.115 e. The second-order valence-corrected chi connectivity index (χ2v) is 6.62. The monoisotopic (exact) mass is 334 g/mol. The highest BCUT2D eigenvalue weighted by atomic mass is 15.0. The highest BCUT2D eigenvalue weighted by Crippen LogP contribution is 2.19. The van der Waals surface area contributed by atoms with Crippen molar-refractivity contribution >= 4 is 52.9 Å². The van der Waals surface area contributed by atoms with Gasteiger partial charge in [-0.05, 0) is 72.8 Å². The molecule has 0 aliphatic carbocycles. The van der Waals surface area contributed by atoms with Crippen LogP contribution in [0.25, 0.3) is 52.9 Å². The van der Waals surface area contributed by atoms with E-state index in [4.69, 9.17) is 9.97 Å². The van der Waals surface area contributed by atoms with Gasteiger partial charge in [-0.25, -0.2) is 9.97 Å². The molecule has 4 heteroatoms. The van der Waals surface area contributed by atoms with Gasteiger partial charge in [0.25, 0.3) is 0 Å². The quantitative estimate of drug-likeness (QED) is 0.422. The van der Waals surface area contributed by atoms with Crippen molar-refractivity contribution in [1.82, 2.24) is 18.8 Å². The molecule has 6 rings (SSSR count). The number of fused-ring (bicyclic) bond motifs is 4. The van der Waals surface area contributed by atoms with Crippen LogP contribution in [0.15, 0.2) is 48.5 Å². The first-order valence-electron chi connectivity index (χ1n) is 8.54. The summed E-state index contributed by atoms with van der Waals surface area (Å²) in [4.78, 5) is 9.42. The standard InChI is InChI=1S/C22H14N4/c1-14-25-19-6-7-21(25)12-17-4-5-18(24-17)13-22-9-8-20(26(14)22)11-16-3-2-15(10-19)23-16/h2-13H,1H2. The van der Waals surface area contributed by atoms with E-state index in [0.717, 1.165) is 50.3 Å². The molecule has 4 aromatic rings. The van der Waals surface area contributed by atoms with Crippen molar-refractivity contribution in [3.05, 3.63) is 76.8 Å². The summed E-state index contributed by atoms with van der Waals surface area (Å²) in [5.41, 5.74) is 8.86. The number of hydrogen-bond donors (Lipinski definition) is 0. The third-order valence-corrected chi connectivity index (χ3v) is 4.95. The van der Waals surface area contributed by atoms with E-state index in [9.17, 15) is 0 Å². The fraction of sp³-hybridized carbons (Fsp3) is 0. The fourth-order valence-corrected chi connectivity index (χ4v) is 3.80. The van der Waals surface area contributed by atoms with Crippen molar-refractivity contribution in [1.29, 1.82) is 0 Å². The zero-order chi connectivity index (χ0) is 17.3. The van der Waals surface area contributed by atoms with Gasteiger partial charge in [0.15, 0.2) is 0 Å². The highest BCUT2D eigenvalue weighted by Gasteiger charge is 2.07. The minimum Gasteiger partial charge on any atom is -0.296 e. The van der Waals surface area contributed by atoms with Gasteiger partial charge in [-0.2, -0.15) is 0 Å². The van der Waals surface area contributed by atoms with Crippen molar-refractivity contribution in [2.75, 3.05) is 0 Å². The molecule has 26 heavy (non-hydrogen) atoms. The van der Waals surface area contributed by atoms with Gasteiger partial charge < -0.3 is 0 Å². The van der Waals surface area contributed by atoms with Gasteiger partial charge in [0.2, 0.25) is 0 Å². The molecule has 2 aliphatic heterocycles. The van der Waals surface area contributed by atoms with Crippen LogP contribution in [0, 0.1) is 0 Å². The first-order chi connectivity index (χ1) is 12.7. The maximum absolute atomic E-state index is 4.71. The Morgan fingerprint density at radius 3 is 1.15 bits per heavy atom. The second-order valence-electron chi connectivity index (χ2n) is 6.62. The third-order valence-electron chi connectivity index (χ3n) is 4.95. The minimum absolute atomic E-state index is 0.889. The fourth-order valence-electron chi connectivity index (χ4n) is 3.80. The first kappa shape index (κ1) is 13.6. The Hall–Kier alpha value is -3.66. The molecule has 6 bridgehead atoms. The molecule has 0 saturated carbocycles. The van der Waals surface area contributed by atoms with E-state index in [1.54, 1.807) is 0 Å². The molecule has 6 heterocycles. The molecule has 122 valence electrons. The average molecular weight is 334 g/mol. The molecule has 0 spiro atoms. The van der Waals surface area contributed by atoms with Crippen molar-refractivity contribution in [2.45, 2.75) is 0 Å². The Morgan fingerprint density at radius 1 is 0.538 bits per heavy atom. The molecule has 0 amide bonds. The predicted octanol–water partition coefficient (Wildman–Crippen LogP) is 3.92. The molecular formula is C22H14N4. The summed E-state index contributed by atoms with van der Waals surface area (Å²) in [5.74, 6) is 0. The van der Waals surface area contributed by atoms with Gasteiger partial charge in [-0.15, -0.1) is 0 Å². The van der Waals surface area contributed by atoms with E-state index in [1.165, 1.54) is 0 Å². The molecule has 4 aromatic heterocycles. The molecule has 2 aliphatic rings. The van der Waals surface area contributed by atoms with Crippen LogP contribution >= 0.6 is 0 Å². The van der Waals surface area contributed by atoms with Crippen molar-refractivity contribution in [3.8, 4) is 0 Å². The Bertz CT molecular complexity index is 1250. The Labute approximate surface area is 149 Å². The van der Waals surface area contributed by atoms with Gasteiger partial charge >= 0.3 is 0 Å². The van der Waals surface area contributed by atoms with Crippen LogP contribution in [0.4, 0.5) is 0 Å². The molecule has 0 unspecified atom stereocenters. The molecule has 4 nitrogen and oxygen atoms in total. The van der Waals surface area contributed by atoms with E-state index in [-0.39, 0.29) is 0 Å². The molecule has 0 aromatic carbocycles. The third kappa shape index (κ3) is 1.84. The van der Waals surface area contributed by atoms with Gasteiger partial charge in [-0.1, -0.05) is 6.58 Å². The SMILES string of the molecule is C=c1n2c3ccc2cc2nc(cc4ccc(cc5nc(c3)C=C5)n14)C=C2. The summed E-state index contributed by atoms with van der Waals surface area (Å²) in [7, 11) is 0. The van der Waals surface area contributed by atoms with E-state index >= 15 is 0 Å². The summed E-state index contributed by atoms with van der Waals surface area (Å²) in [6, 6.07) is 16.8. The van der Waals surface area contributed by atoms with Crippen LogP contribution in [-0.2, 0) is 0 Å². The van der Waals surface area contributed by atoms with Crippen LogP contribution in [0.3, 0.4) is 0 Å². The molecule has 0 saturated heterocycles. The van der Waals surface area contributed by atoms with Crippen LogP contribution < -0.4 is 5.48 Å². The topological polar surface area (TPSA) is 34.6 Å². The van der Waals surface area contributed by atoms with Gasteiger partial charge in [0.05, 0.1) is 22.8 Å². The largest absolute Gasteiger partial charge is 0.296 e. The summed E-state index contributed by atoms with van der Waals surface area (Å²) < 4.78 is 4.32. The summed E-state index contributed by atoms with van der Waals surface area (Å²) in [5, 5.41) is 0. The highest BCUT2D eigenvalue weighted by molar-refractivity contribution is 5.78. The summed E-state index contributed by atoms with van der Waals surface area (Å²) in [6.07, 6.45) is 8.18. The molecule has 0 N–H and O–H groups in total. The number of rotatable bonds is 0. The van der Waals surface area contributed by atoms with Crippen molar-refractivity contribution in [2.24, 2.45) is 0 Å². The van der Waals surface area contributed by atoms with Crippen LogP contribution in [0.2, 0.25) is 0 Å². The van der Waals surface area contributed by atoms with Gasteiger partial charge in [-0.3, -0.25) is 8.80 Å². The summed E-state index contributed by atoms with van der Waals surface area (Å²) >= 11 is 0. The first-order valence-corrected chi connectivity index (χ1v) is 8.54. The van der Waals surface area contributed by atoms with E-state index in [1.807, 2.05) is 24.3 Å². The predicted molar refractivity (Wildman–Crippen MR) is 106 cm³/mol. The van der Waals surface area contributed by atoms with Crippen LogP contribution in [0.5, 0.6) is 0 Å². The molecular weight excluding hydrogens is 320 g/mol. The lowest BCUT2D eigenvalue weighted by molar-refractivity contribution is 1.03. The molecule has 0 radical (unpaired) electrons. The van der Waals surface area contributed by atoms with E-state index in [0.29, 0.717) is 0 Å². The maximum atomic E-state index is 4.71. The van der Waals surface area contributed by atoms with E-state index in [2.05, 4.69) is 63.9 Å². The van der Waals surface area contributed by atoms with E-state index < -0.39 is 0 Å². The number of aromatic nitrogens is 4. The second kappa shape index (κ2) is 4.70. The lowest BCUT2D eigenvalue weighted by Gasteiger charge is -2.02. The van der Waals surface area contributed by atoms with Crippen molar-refractivity contribution in [3.63, 3.8) is 0 Å². The lowest BCUT2D eigenvalue weighted by atomic mass is 10.3. The zero-order valence-corrected chi connectivity index (χ0v) is 13.9. The molecule has 0 atom stereocenters. The molecule has 0 fully saturated rings.